The fraction of sp³-hybridized carbons (Fsp3) is 0.258. The second-order valence-electron chi connectivity index (χ2n) is 10.5. The number of nitrogens with one attached hydrogen (secondary N) is 2. The van der Waals surface area contributed by atoms with Crippen molar-refractivity contribution in [3.8, 4) is 5.69 Å². The van der Waals surface area contributed by atoms with Crippen LogP contribution in [0.1, 0.15) is 37.6 Å². The first-order chi connectivity index (χ1) is 18.6. The standard InChI is InChI=1S/C31H35N5O2S/c1-22-11-15-25(16-12-22)36-28(19-27(34-36)31(2,3)4)33-29(37)21-35(20-23-9-7-6-8-10-23)30(38)32-24-13-17-26(39-5)18-14-24/h6-19H,20-21H2,1-5H3,(H,32,38)(H,33,37). The van der Waals surface area contributed by atoms with E-state index in [2.05, 4.69) is 31.4 Å². The van der Waals surface area contributed by atoms with Gasteiger partial charge in [0, 0.05) is 28.6 Å². The van der Waals surface area contributed by atoms with E-state index >= 15 is 0 Å². The van der Waals surface area contributed by atoms with Gasteiger partial charge in [0.2, 0.25) is 5.91 Å². The van der Waals surface area contributed by atoms with Crippen LogP contribution in [0.3, 0.4) is 0 Å². The summed E-state index contributed by atoms with van der Waals surface area (Å²) in [6, 6.07) is 26.8. The first kappa shape index (κ1) is 28.0. The number of anilines is 2. The fourth-order valence-electron chi connectivity index (χ4n) is 3.96. The summed E-state index contributed by atoms with van der Waals surface area (Å²) in [6.07, 6.45) is 2.00. The number of aryl methyl sites for hydroxylation is 1. The van der Waals surface area contributed by atoms with E-state index in [0.29, 0.717) is 11.5 Å². The Labute approximate surface area is 234 Å². The second kappa shape index (κ2) is 12.2. The van der Waals surface area contributed by atoms with Gasteiger partial charge in [-0.05, 0) is 55.1 Å². The Kier molecular flexibility index (Phi) is 8.76. The molecule has 0 saturated heterocycles. The lowest BCUT2D eigenvalue weighted by Gasteiger charge is -2.23. The summed E-state index contributed by atoms with van der Waals surface area (Å²) in [5, 5.41) is 10.7. The van der Waals surface area contributed by atoms with Gasteiger partial charge in [-0.25, -0.2) is 9.48 Å². The van der Waals surface area contributed by atoms with E-state index in [1.54, 1.807) is 16.4 Å². The molecule has 2 N–H and O–H groups in total. The minimum absolute atomic E-state index is 0.131. The highest BCUT2D eigenvalue weighted by Gasteiger charge is 2.23. The van der Waals surface area contributed by atoms with E-state index < -0.39 is 0 Å². The molecule has 7 nitrogen and oxygen atoms in total. The van der Waals surface area contributed by atoms with Crippen molar-refractivity contribution in [2.45, 2.75) is 44.6 Å². The highest BCUT2D eigenvalue weighted by atomic mass is 32.2. The number of benzene rings is 3. The molecule has 0 spiro atoms. The second-order valence-corrected chi connectivity index (χ2v) is 11.3. The molecule has 4 rings (SSSR count). The predicted molar refractivity (Wildman–Crippen MR) is 160 cm³/mol. The van der Waals surface area contributed by atoms with Crippen LogP contribution in [0.15, 0.2) is 89.8 Å². The molecule has 39 heavy (non-hydrogen) atoms. The third-order valence-electron chi connectivity index (χ3n) is 6.20. The summed E-state index contributed by atoms with van der Waals surface area (Å²) < 4.78 is 1.74. The molecule has 0 aliphatic carbocycles. The van der Waals surface area contributed by atoms with Crippen molar-refractivity contribution in [2.75, 3.05) is 23.4 Å². The molecule has 0 bridgehead atoms. The minimum Gasteiger partial charge on any atom is -0.311 e. The van der Waals surface area contributed by atoms with E-state index in [1.165, 1.54) is 4.90 Å². The van der Waals surface area contributed by atoms with Crippen molar-refractivity contribution in [1.29, 1.82) is 0 Å². The lowest BCUT2D eigenvalue weighted by atomic mass is 9.92. The molecule has 0 fully saturated rings. The highest BCUT2D eigenvalue weighted by molar-refractivity contribution is 7.98. The average molecular weight is 542 g/mol. The summed E-state index contributed by atoms with van der Waals surface area (Å²) >= 11 is 1.63. The van der Waals surface area contributed by atoms with Gasteiger partial charge in [0.1, 0.15) is 12.4 Å². The van der Waals surface area contributed by atoms with Gasteiger partial charge in [-0.3, -0.25) is 4.79 Å². The molecule has 3 amide bonds. The van der Waals surface area contributed by atoms with Crippen molar-refractivity contribution >= 4 is 35.2 Å². The third-order valence-corrected chi connectivity index (χ3v) is 6.95. The van der Waals surface area contributed by atoms with E-state index in [0.717, 1.165) is 27.4 Å². The summed E-state index contributed by atoms with van der Waals surface area (Å²) in [5.41, 5.74) is 4.23. The highest BCUT2D eigenvalue weighted by Crippen LogP contribution is 2.26. The molecule has 8 heteroatoms. The minimum atomic E-state index is -0.353. The number of urea groups is 1. The van der Waals surface area contributed by atoms with Gasteiger partial charge in [0.25, 0.3) is 0 Å². The SMILES string of the molecule is CSc1ccc(NC(=O)N(CC(=O)Nc2cc(C(C)(C)C)nn2-c2ccc(C)cc2)Cc2ccccc2)cc1. The molecule has 4 aromatic rings. The van der Waals surface area contributed by atoms with Crippen molar-refractivity contribution in [3.05, 3.63) is 102 Å². The summed E-state index contributed by atoms with van der Waals surface area (Å²) in [4.78, 5) is 29.3. The molecule has 0 aliphatic rings. The molecule has 0 unspecified atom stereocenters. The maximum Gasteiger partial charge on any atom is 0.322 e. The maximum atomic E-state index is 13.4. The van der Waals surface area contributed by atoms with E-state index in [1.807, 2.05) is 98.1 Å². The van der Waals surface area contributed by atoms with Gasteiger partial charge >= 0.3 is 6.03 Å². The zero-order valence-corrected chi connectivity index (χ0v) is 23.9. The number of nitrogens with zero attached hydrogens (tertiary/aromatic N) is 3. The molecule has 202 valence electrons. The van der Waals surface area contributed by atoms with E-state index in [-0.39, 0.29) is 30.4 Å². The largest absolute Gasteiger partial charge is 0.322 e. The lowest BCUT2D eigenvalue weighted by molar-refractivity contribution is -0.116. The lowest BCUT2D eigenvalue weighted by Crippen LogP contribution is -2.40. The zero-order chi connectivity index (χ0) is 28.0. The molecule has 0 atom stereocenters. The Bertz CT molecular complexity index is 1410. The van der Waals surface area contributed by atoms with Crippen LogP contribution in [-0.4, -0.2) is 39.4 Å². The number of carbonyl (C=O) groups is 2. The molecular formula is C31H35N5O2S. The van der Waals surface area contributed by atoms with Crippen LogP contribution < -0.4 is 10.6 Å². The van der Waals surface area contributed by atoms with Gasteiger partial charge in [0.05, 0.1) is 11.4 Å². The van der Waals surface area contributed by atoms with Gasteiger partial charge in [-0.1, -0.05) is 68.8 Å². The molecule has 0 aliphatic heterocycles. The Balaban J connectivity index is 1.56. The van der Waals surface area contributed by atoms with Crippen molar-refractivity contribution in [2.24, 2.45) is 0 Å². The number of amides is 3. The van der Waals surface area contributed by atoms with Gasteiger partial charge in [-0.15, -0.1) is 11.8 Å². The normalized spacial score (nSPS) is 11.2. The van der Waals surface area contributed by atoms with E-state index in [4.69, 9.17) is 5.10 Å². The molecule has 0 saturated carbocycles. The number of rotatable bonds is 8. The van der Waals surface area contributed by atoms with Crippen LogP contribution in [0.5, 0.6) is 0 Å². The van der Waals surface area contributed by atoms with Gasteiger partial charge < -0.3 is 15.5 Å². The molecule has 0 radical (unpaired) electrons. The summed E-state index contributed by atoms with van der Waals surface area (Å²) in [6.45, 7) is 8.43. The smallest absolute Gasteiger partial charge is 0.311 e. The Morgan fingerprint density at radius 2 is 1.59 bits per heavy atom. The van der Waals surface area contributed by atoms with Crippen molar-refractivity contribution < 1.29 is 9.59 Å². The molecule has 3 aromatic carbocycles. The zero-order valence-electron chi connectivity index (χ0n) is 23.1. The van der Waals surface area contributed by atoms with Crippen LogP contribution in [0.25, 0.3) is 5.69 Å². The topological polar surface area (TPSA) is 79.3 Å². The quantitative estimate of drug-likeness (QED) is 0.239. The van der Waals surface area contributed by atoms with Gasteiger partial charge in [0.15, 0.2) is 0 Å². The number of hydrogen-bond acceptors (Lipinski definition) is 4. The summed E-state index contributed by atoms with van der Waals surface area (Å²) in [7, 11) is 0. The van der Waals surface area contributed by atoms with E-state index in [9.17, 15) is 9.59 Å². The van der Waals surface area contributed by atoms with Crippen molar-refractivity contribution in [3.63, 3.8) is 0 Å². The average Bonchev–Trinajstić information content (AvgIpc) is 3.34. The Morgan fingerprint density at radius 3 is 2.21 bits per heavy atom. The molecular weight excluding hydrogens is 506 g/mol. The molecule has 1 aromatic heterocycles. The molecule has 1 heterocycles. The maximum absolute atomic E-state index is 13.4. The fourth-order valence-corrected chi connectivity index (χ4v) is 4.36. The number of hydrogen-bond donors (Lipinski definition) is 2. The first-order valence-corrected chi connectivity index (χ1v) is 14.1. The van der Waals surface area contributed by atoms with Crippen LogP contribution >= 0.6 is 11.8 Å². The van der Waals surface area contributed by atoms with Crippen LogP contribution in [0.4, 0.5) is 16.3 Å². The Morgan fingerprint density at radius 1 is 0.923 bits per heavy atom. The van der Waals surface area contributed by atoms with Crippen molar-refractivity contribution in [1.82, 2.24) is 14.7 Å². The Hall–Kier alpha value is -4.04. The first-order valence-electron chi connectivity index (χ1n) is 12.8. The predicted octanol–water partition coefficient (Wildman–Crippen LogP) is 6.87. The summed E-state index contributed by atoms with van der Waals surface area (Å²) in [5.74, 6) is 0.244. The number of carbonyl (C=O) groups excluding carboxylic acids is 2. The van der Waals surface area contributed by atoms with Crippen LogP contribution in [0, 0.1) is 6.92 Å². The third kappa shape index (κ3) is 7.51. The monoisotopic (exact) mass is 541 g/mol. The van der Waals surface area contributed by atoms with Crippen LogP contribution in [-0.2, 0) is 16.8 Å². The number of aromatic nitrogens is 2. The number of thioether (sulfide) groups is 1. The van der Waals surface area contributed by atoms with Gasteiger partial charge in [-0.2, -0.15) is 5.10 Å². The van der Waals surface area contributed by atoms with Crippen LogP contribution in [0.2, 0.25) is 0 Å².